The molecule has 0 aliphatic carbocycles. The van der Waals surface area contributed by atoms with Crippen LogP contribution in [-0.4, -0.2) is 35.4 Å². The zero-order valence-electron chi connectivity index (χ0n) is 8.95. The van der Waals surface area contributed by atoms with Gasteiger partial charge in [-0.2, -0.15) is 0 Å². The van der Waals surface area contributed by atoms with Crippen LogP contribution >= 0.6 is 0 Å². The summed E-state index contributed by atoms with van der Waals surface area (Å²) in [5.74, 6) is -0.574. The predicted molar refractivity (Wildman–Crippen MR) is 55.1 cm³/mol. The quantitative estimate of drug-likeness (QED) is 0.551. The molecule has 0 fully saturated rings. The van der Waals surface area contributed by atoms with Crippen molar-refractivity contribution in [1.29, 1.82) is 0 Å². The number of rotatable bonds is 6. The second-order valence-electron chi connectivity index (χ2n) is 3.63. The predicted octanol–water partition coefficient (Wildman–Crippen LogP) is 0.624. The van der Waals surface area contributed by atoms with Crippen molar-refractivity contribution in [2.24, 2.45) is 5.92 Å². The summed E-state index contributed by atoms with van der Waals surface area (Å²) in [4.78, 5) is 10.4. The van der Waals surface area contributed by atoms with Crippen LogP contribution in [0.1, 0.15) is 20.8 Å². The van der Waals surface area contributed by atoms with E-state index in [9.17, 15) is 4.79 Å². The van der Waals surface area contributed by atoms with E-state index in [4.69, 9.17) is 10.2 Å². The standard InChI is InChI=1S/C10H19NO3/c1-7(2)9(6-12)11-5-4-8(3)10(13)14/h4,7,9,11-12H,5-6H2,1-3H3,(H,13,14)/b8-4-. The van der Waals surface area contributed by atoms with Gasteiger partial charge in [0.1, 0.15) is 0 Å². The molecule has 0 aromatic heterocycles. The summed E-state index contributed by atoms with van der Waals surface area (Å²) in [6.45, 7) is 6.09. The molecule has 3 N–H and O–H groups in total. The summed E-state index contributed by atoms with van der Waals surface area (Å²) in [6.07, 6.45) is 1.60. The van der Waals surface area contributed by atoms with Gasteiger partial charge in [-0.1, -0.05) is 19.9 Å². The van der Waals surface area contributed by atoms with Gasteiger partial charge in [-0.15, -0.1) is 0 Å². The highest BCUT2D eigenvalue weighted by Crippen LogP contribution is 2.00. The van der Waals surface area contributed by atoms with Crippen molar-refractivity contribution in [3.05, 3.63) is 11.6 Å². The van der Waals surface area contributed by atoms with Crippen LogP contribution in [0.15, 0.2) is 11.6 Å². The lowest BCUT2D eigenvalue weighted by Gasteiger charge is -2.18. The summed E-state index contributed by atoms with van der Waals surface area (Å²) in [5.41, 5.74) is 0.318. The molecule has 0 aromatic rings. The Morgan fingerprint density at radius 2 is 2.07 bits per heavy atom. The van der Waals surface area contributed by atoms with Gasteiger partial charge in [0.05, 0.1) is 6.61 Å². The number of hydrogen-bond acceptors (Lipinski definition) is 3. The van der Waals surface area contributed by atoms with Gasteiger partial charge in [0.15, 0.2) is 0 Å². The van der Waals surface area contributed by atoms with E-state index in [1.165, 1.54) is 0 Å². The lowest BCUT2D eigenvalue weighted by Crippen LogP contribution is -2.37. The van der Waals surface area contributed by atoms with E-state index in [1.54, 1.807) is 13.0 Å². The Kier molecular flexibility index (Phi) is 6.16. The van der Waals surface area contributed by atoms with Gasteiger partial charge >= 0.3 is 5.97 Å². The molecule has 14 heavy (non-hydrogen) atoms. The zero-order valence-corrected chi connectivity index (χ0v) is 8.95. The SMILES string of the molecule is C/C(=C/CNC(CO)C(C)C)C(=O)O. The van der Waals surface area contributed by atoms with Gasteiger partial charge < -0.3 is 15.5 Å². The molecule has 0 radical (unpaired) electrons. The summed E-state index contributed by atoms with van der Waals surface area (Å²) in [5, 5.41) is 20.6. The number of carboxylic acid groups (broad SMARTS) is 1. The third-order valence-electron chi connectivity index (χ3n) is 2.13. The molecule has 0 heterocycles. The molecular weight excluding hydrogens is 182 g/mol. The van der Waals surface area contributed by atoms with Crippen molar-refractivity contribution in [1.82, 2.24) is 5.32 Å². The third kappa shape index (κ3) is 4.99. The van der Waals surface area contributed by atoms with Crippen molar-refractivity contribution >= 4 is 5.97 Å². The molecule has 0 bridgehead atoms. The number of aliphatic carboxylic acids is 1. The van der Waals surface area contributed by atoms with Crippen molar-refractivity contribution in [3.63, 3.8) is 0 Å². The van der Waals surface area contributed by atoms with Crippen LogP contribution in [0.5, 0.6) is 0 Å². The number of aliphatic hydroxyl groups excluding tert-OH is 1. The Morgan fingerprint density at radius 1 is 1.50 bits per heavy atom. The van der Waals surface area contributed by atoms with Crippen molar-refractivity contribution in [2.75, 3.05) is 13.2 Å². The van der Waals surface area contributed by atoms with Crippen LogP contribution in [0.3, 0.4) is 0 Å². The molecule has 0 amide bonds. The fourth-order valence-electron chi connectivity index (χ4n) is 0.962. The van der Waals surface area contributed by atoms with Crippen molar-refractivity contribution in [3.8, 4) is 0 Å². The van der Waals surface area contributed by atoms with E-state index < -0.39 is 5.97 Å². The van der Waals surface area contributed by atoms with Crippen LogP contribution in [0.4, 0.5) is 0 Å². The number of carboxylic acids is 1. The first-order valence-electron chi connectivity index (χ1n) is 4.73. The average molecular weight is 201 g/mol. The summed E-state index contributed by atoms with van der Waals surface area (Å²) in [7, 11) is 0. The fraction of sp³-hybridized carbons (Fsp3) is 0.700. The number of aliphatic hydroxyl groups is 1. The van der Waals surface area contributed by atoms with Crippen molar-refractivity contribution < 1.29 is 15.0 Å². The van der Waals surface area contributed by atoms with E-state index in [0.717, 1.165) is 0 Å². The topological polar surface area (TPSA) is 69.6 Å². The van der Waals surface area contributed by atoms with E-state index >= 15 is 0 Å². The first-order valence-corrected chi connectivity index (χ1v) is 4.73. The van der Waals surface area contributed by atoms with Crippen LogP contribution in [-0.2, 0) is 4.79 Å². The van der Waals surface area contributed by atoms with Gasteiger partial charge in [-0.05, 0) is 12.8 Å². The van der Waals surface area contributed by atoms with E-state index in [1.807, 2.05) is 13.8 Å². The molecule has 1 unspecified atom stereocenters. The van der Waals surface area contributed by atoms with Gasteiger partial charge in [0.25, 0.3) is 0 Å². The Bertz CT molecular complexity index is 211. The van der Waals surface area contributed by atoms with Gasteiger partial charge in [0, 0.05) is 18.2 Å². The molecule has 0 saturated carbocycles. The normalized spacial score (nSPS) is 14.5. The molecule has 0 spiro atoms. The fourth-order valence-corrected chi connectivity index (χ4v) is 0.962. The summed E-state index contributed by atoms with van der Waals surface area (Å²) in [6, 6.07) is 0.0212. The van der Waals surface area contributed by atoms with E-state index in [-0.39, 0.29) is 12.6 Å². The van der Waals surface area contributed by atoms with Crippen molar-refractivity contribution in [2.45, 2.75) is 26.8 Å². The molecule has 0 rings (SSSR count). The molecule has 0 aliphatic heterocycles. The monoisotopic (exact) mass is 201 g/mol. The number of hydrogen-bond donors (Lipinski definition) is 3. The average Bonchev–Trinajstić information content (AvgIpc) is 2.11. The highest BCUT2D eigenvalue weighted by Gasteiger charge is 2.09. The maximum Gasteiger partial charge on any atom is 0.330 e. The minimum absolute atomic E-state index is 0.0212. The van der Waals surface area contributed by atoms with Gasteiger partial charge in [-0.25, -0.2) is 4.79 Å². The maximum atomic E-state index is 10.4. The molecule has 82 valence electrons. The first kappa shape index (κ1) is 13.1. The third-order valence-corrected chi connectivity index (χ3v) is 2.13. The van der Waals surface area contributed by atoms with E-state index in [2.05, 4.69) is 5.32 Å². The summed E-state index contributed by atoms with van der Waals surface area (Å²) >= 11 is 0. The van der Waals surface area contributed by atoms with Crippen LogP contribution in [0.25, 0.3) is 0 Å². The van der Waals surface area contributed by atoms with Crippen LogP contribution in [0, 0.1) is 5.92 Å². The minimum Gasteiger partial charge on any atom is -0.478 e. The molecule has 0 aliphatic rings. The molecule has 4 nitrogen and oxygen atoms in total. The molecular formula is C10H19NO3. The maximum absolute atomic E-state index is 10.4. The smallest absolute Gasteiger partial charge is 0.330 e. The largest absolute Gasteiger partial charge is 0.478 e. The Hall–Kier alpha value is -0.870. The zero-order chi connectivity index (χ0) is 11.1. The second-order valence-corrected chi connectivity index (χ2v) is 3.63. The van der Waals surface area contributed by atoms with Crippen LogP contribution in [0.2, 0.25) is 0 Å². The van der Waals surface area contributed by atoms with Gasteiger partial charge in [-0.3, -0.25) is 0 Å². The number of carbonyl (C=O) groups is 1. The number of nitrogens with one attached hydrogen (secondary N) is 1. The highest BCUT2D eigenvalue weighted by molar-refractivity contribution is 5.85. The van der Waals surface area contributed by atoms with Gasteiger partial charge in [0.2, 0.25) is 0 Å². The molecule has 1 atom stereocenters. The Labute approximate surface area is 84.6 Å². The molecule has 0 saturated heterocycles. The highest BCUT2D eigenvalue weighted by atomic mass is 16.4. The Morgan fingerprint density at radius 3 is 2.43 bits per heavy atom. The second kappa shape index (κ2) is 6.56. The van der Waals surface area contributed by atoms with E-state index in [0.29, 0.717) is 18.0 Å². The van der Waals surface area contributed by atoms with Crippen LogP contribution < -0.4 is 5.32 Å². The lowest BCUT2D eigenvalue weighted by molar-refractivity contribution is -0.132. The lowest BCUT2D eigenvalue weighted by atomic mass is 10.1. The first-order chi connectivity index (χ1) is 6.49. The molecule has 0 aromatic carbocycles. The Balaban J connectivity index is 3.93. The molecule has 4 heteroatoms. The minimum atomic E-state index is -0.906. The summed E-state index contributed by atoms with van der Waals surface area (Å²) < 4.78 is 0.